The molecule has 0 aliphatic heterocycles. The lowest BCUT2D eigenvalue weighted by Gasteiger charge is -2.12. The SMILES string of the molecule is CCOc1cc2occ(-c3ccc(C)cc3)c2cc1/C(C)=C/C(=O)Nc1cccnc1Cl. The molecule has 2 aromatic heterocycles. The van der Waals surface area contributed by atoms with Crippen molar-refractivity contribution in [2.75, 3.05) is 11.9 Å². The Kier molecular flexibility index (Phi) is 6.28. The number of nitrogens with one attached hydrogen (secondary N) is 1. The van der Waals surface area contributed by atoms with Crippen LogP contribution < -0.4 is 10.1 Å². The van der Waals surface area contributed by atoms with Gasteiger partial charge in [0.25, 0.3) is 0 Å². The van der Waals surface area contributed by atoms with Crippen LogP contribution in [0.1, 0.15) is 25.0 Å². The summed E-state index contributed by atoms with van der Waals surface area (Å²) in [5.74, 6) is 0.358. The van der Waals surface area contributed by atoms with Gasteiger partial charge in [-0.2, -0.15) is 0 Å². The predicted octanol–water partition coefficient (Wildman–Crippen LogP) is 6.90. The highest BCUT2D eigenvalue weighted by Crippen LogP contribution is 2.37. The topological polar surface area (TPSA) is 64.4 Å². The Labute approximate surface area is 191 Å². The van der Waals surface area contributed by atoms with Crippen molar-refractivity contribution < 1.29 is 13.9 Å². The van der Waals surface area contributed by atoms with Crippen molar-refractivity contribution >= 4 is 39.7 Å². The fourth-order valence-corrected chi connectivity index (χ4v) is 3.68. The van der Waals surface area contributed by atoms with Gasteiger partial charge < -0.3 is 14.5 Å². The molecule has 5 nitrogen and oxygen atoms in total. The van der Waals surface area contributed by atoms with Gasteiger partial charge in [0.1, 0.15) is 11.3 Å². The number of ether oxygens (including phenoxy) is 1. The maximum absolute atomic E-state index is 12.6. The molecule has 0 fully saturated rings. The quantitative estimate of drug-likeness (QED) is 0.258. The van der Waals surface area contributed by atoms with Gasteiger partial charge in [-0.3, -0.25) is 4.79 Å². The van der Waals surface area contributed by atoms with E-state index in [9.17, 15) is 4.79 Å². The van der Waals surface area contributed by atoms with E-state index in [1.54, 1.807) is 24.6 Å². The summed E-state index contributed by atoms with van der Waals surface area (Å²) < 4.78 is 11.7. The van der Waals surface area contributed by atoms with Crippen molar-refractivity contribution in [1.82, 2.24) is 4.98 Å². The average Bonchev–Trinajstić information content (AvgIpc) is 3.18. The van der Waals surface area contributed by atoms with E-state index in [1.807, 2.05) is 26.0 Å². The Morgan fingerprint density at radius 2 is 2.00 bits per heavy atom. The predicted molar refractivity (Wildman–Crippen MR) is 129 cm³/mol. The number of benzene rings is 2. The van der Waals surface area contributed by atoms with Crippen LogP contribution in [-0.2, 0) is 4.79 Å². The molecule has 4 aromatic rings. The van der Waals surface area contributed by atoms with Gasteiger partial charge in [0.2, 0.25) is 5.91 Å². The van der Waals surface area contributed by atoms with E-state index in [1.165, 1.54) is 11.6 Å². The summed E-state index contributed by atoms with van der Waals surface area (Å²) in [7, 11) is 0. The molecular formula is C26H23ClN2O3. The third kappa shape index (κ3) is 4.53. The van der Waals surface area contributed by atoms with Crippen LogP contribution in [0.25, 0.3) is 27.7 Å². The van der Waals surface area contributed by atoms with Gasteiger partial charge >= 0.3 is 0 Å². The lowest BCUT2D eigenvalue weighted by molar-refractivity contribution is -0.111. The number of pyridine rings is 1. The van der Waals surface area contributed by atoms with Crippen molar-refractivity contribution in [3.8, 4) is 16.9 Å². The van der Waals surface area contributed by atoms with E-state index in [4.69, 9.17) is 20.8 Å². The standard InChI is InChI=1S/C26H23ClN2O3/c1-4-31-23-14-24-20(21(15-32-24)18-9-7-16(2)8-10-18)13-19(23)17(3)12-25(30)29-22-6-5-11-28-26(22)27/h5-15H,4H2,1-3H3,(H,29,30)/b17-12+. The summed E-state index contributed by atoms with van der Waals surface area (Å²) >= 11 is 6.05. The number of allylic oxidation sites excluding steroid dienone is 1. The number of hydrogen-bond donors (Lipinski definition) is 1. The first-order valence-corrected chi connectivity index (χ1v) is 10.7. The molecule has 0 saturated carbocycles. The Morgan fingerprint density at radius 3 is 2.72 bits per heavy atom. The molecule has 2 heterocycles. The Bertz CT molecular complexity index is 1310. The molecule has 0 unspecified atom stereocenters. The molecule has 0 saturated heterocycles. The second-order valence-electron chi connectivity index (χ2n) is 7.45. The number of amides is 1. The first-order chi connectivity index (χ1) is 15.5. The van der Waals surface area contributed by atoms with Crippen molar-refractivity contribution in [3.05, 3.63) is 83.3 Å². The van der Waals surface area contributed by atoms with Gasteiger partial charge in [0.15, 0.2) is 5.15 Å². The number of rotatable bonds is 6. The number of aryl methyl sites for hydroxylation is 1. The molecular weight excluding hydrogens is 424 g/mol. The smallest absolute Gasteiger partial charge is 0.248 e. The lowest BCUT2D eigenvalue weighted by Crippen LogP contribution is -2.09. The van der Waals surface area contributed by atoms with Crippen molar-refractivity contribution in [2.45, 2.75) is 20.8 Å². The van der Waals surface area contributed by atoms with Crippen LogP contribution >= 0.6 is 11.6 Å². The number of furan rings is 1. The molecule has 0 atom stereocenters. The molecule has 0 bridgehead atoms. The van der Waals surface area contributed by atoms with Gasteiger partial charge in [-0.15, -0.1) is 0 Å². The van der Waals surface area contributed by atoms with Gasteiger partial charge in [0, 0.05) is 34.9 Å². The number of nitrogens with zero attached hydrogens (tertiary/aromatic N) is 1. The molecule has 32 heavy (non-hydrogen) atoms. The van der Waals surface area contributed by atoms with E-state index < -0.39 is 0 Å². The minimum atomic E-state index is -0.300. The average molecular weight is 447 g/mol. The molecule has 0 radical (unpaired) electrons. The molecule has 6 heteroatoms. The van der Waals surface area contributed by atoms with Crippen LogP contribution in [0.5, 0.6) is 5.75 Å². The van der Waals surface area contributed by atoms with Crippen molar-refractivity contribution in [1.29, 1.82) is 0 Å². The second-order valence-corrected chi connectivity index (χ2v) is 7.81. The van der Waals surface area contributed by atoms with Gasteiger partial charge in [-0.1, -0.05) is 41.4 Å². The molecule has 1 N–H and O–H groups in total. The van der Waals surface area contributed by atoms with Crippen LogP contribution in [0.2, 0.25) is 5.15 Å². The zero-order chi connectivity index (χ0) is 22.7. The number of aromatic nitrogens is 1. The fraction of sp³-hybridized carbons (Fsp3) is 0.154. The van der Waals surface area contributed by atoms with Crippen molar-refractivity contribution in [3.63, 3.8) is 0 Å². The molecule has 0 aliphatic rings. The number of anilines is 1. The monoisotopic (exact) mass is 446 g/mol. The van der Waals surface area contributed by atoms with E-state index >= 15 is 0 Å². The third-order valence-corrected chi connectivity index (χ3v) is 5.43. The molecule has 0 spiro atoms. The van der Waals surface area contributed by atoms with E-state index in [2.05, 4.69) is 41.5 Å². The van der Waals surface area contributed by atoms with Crippen LogP contribution in [-0.4, -0.2) is 17.5 Å². The highest BCUT2D eigenvalue weighted by molar-refractivity contribution is 6.32. The molecule has 0 aliphatic carbocycles. The molecule has 2 aromatic carbocycles. The van der Waals surface area contributed by atoms with Gasteiger partial charge in [-0.05, 0) is 50.1 Å². The third-order valence-electron chi connectivity index (χ3n) is 5.13. The Hall–Kier alpha value is -3.57. The van der Waals surface area contributed by atoms with Gasteiger partial charge in [-0.25, -0.2) is 4.98 Å². The van der Waals surface area contributed by atoms with E-state index in [0.29, 0.717) is 18.0 Å². The summed E-state index contributed by atoms with van der Waals surface area (Å²) in [6.07, 6.45) is 4.85. The van der Waals surface area contributed by atoms with E-state index in [0.717, 1.165) is 33.2 Å². The minimum absolute atomic E-state index is 0.240. The Morgan fingerprint density at radius 1 is 1.22 bits per heavy atom. The lowest BCUT2D eigenvalue weighted by atomic mass is 9.99. The maximum atomic E-state index is 12.6. The number of carbonyl (C=O) groups excluding carboxylic acids is 1. The second kappa shape index (κ2) is 9.28. The first-order valence-electron chi connectivity index (χ1n) is 10.3. The van der Waals surface area contributed by atoms with Crippen LogP contribution in [0.3, 0.4) is 0 Å². The maximum Gasteiger partial charge on any atom is 0.248 e. The highest BCUT2D eigenvalue weighted by atomic mass is 35.5. The van der Waals surface area contributed by atoms with Crippen molar-refractivity contribution in [2.24, 2.45) is 0 Å². The highest BCUT2D eigenvalue weighted by Gasteiger charge is 2.15. The summed E-state index contributed by atoms with van der Waals surface area (Å²) in [6, 6.07) is 15.6. The largest absolute Gasteiger partial charge is 0.493 e. The Balaban J connectivity index is 1.73. The normalized spacial score (nSPS) is 11.6. The zero-order valence-corrected chi connectivity index (χ0v) is 18.9. The summed E-state index contributed by atoms with van der Waals surface area (Å²) in [4.78, 5) is 16.6. The molecule has 1 amide bonds. The van der Waals surface area contributed by atoms with Crippen LogP contribution in [0.4, 0.5) is 5.69 Å². The van der Waals surface area contributed by atoms with Crippen LogP contribution in [0.15, 0.2) is 71.5 Å². The summed E-state index contributed by atoms with van der Waals surface area (Å²) in [5, 5.41) is 3.96. The molecule has 162 valence electrons. The minimum Gasteiger partial charge on any atom is -0.493 e. The zero-order valence-electron chi connectivity index (χ0n) is 18.1. The van der Waals surface area contributed by atoms with Crippen LogP contribution in [0, 0.1) is 6.92 Å². The first kappa shape index (κ1) is 21.7. The fourth-order valence-electron chi connectivity index (χ4n) is 3.52. The van der Waals surface area contributed by atoms with Gasteiger partial charge in [0.05, 0.1) is 18.6 Å². The number of carbonyl (C=O) groups is 1. The summed E-state index contributed by atoms with van der Waals surface area (Å²) in [6.45, 7) is 6.35. The number of hydrogen-bond acceptors (Lipinski definition) is 4. The van der Waals surface area contributed by atoms with E-state index in [-0.39, 0.29) is 11.1 Å². The number of halogens is 1. The molecule has 4 rings (SSSR count). The summed E-state index contributed by atoms with van der Waals surface area (Å²) in [5.41, 5.74) is 6.01. The number of fused-ring (bicyclic) bond motifs is 1.